The van der Waals surface area contributed by atoms with Gasteiger partial charge >= 0.3 is 0 Å². The standard InChI is InChI=1S/C15H19N3S/c16-8-7-13-10-18(15(19)17-13)14-6-5-11-3-1-2-4-12(11)9-14/h1-4,10,14H,5-9,16H2,(H,17,19). The molecule has 19 heavy (non-hydrogen) atoms. The van der Waals surface area contributed by atoms with Crippen LogP contribution < -0.4 is 5.73 Å². The monoisotopic (exact) mass is 273 g/mol. The molecule has 1 heterocycles. The van der Waals surface area contributed by atoms with Crippen LogP contribution in [0.2, 0.25) is 0 Å². The molecule has 4 heteroatoms. The van der Waals surface area contributed by atoms with Gasteiger partial charge in [0, 0.05) is 24.4 Å². The Kier molecular flexibility index (Phi) is 3.53. The van der Waals surface area contributed by atoms with Gasteiger partial charge in [-0.15, -0.1) is 0 Å². The summed E-state index contributed by atoms with van der Waals surface area (Å²) in [4.78, 5) is 3.26. The van der Waals surface area contributed by atoms with E-state index in [1.54, 1.807) is 0 Å². The van der Waals surface area contributed by atoms with Crippen LogP contribution in [0.1, 0.15) is 29.3 Å². The zero-order valence-corrected chi connectivity index (χ0v) is 11.7. The number of imidazole rings is 1. The molecule has 0 saturated heterocycles. The molecule has 1 aliphatic rings. The average molecular weight is 273 g/mol. The molecule has 0 saturated carbocycles. The molecule has 3 nitrogen and oxygen atoms in total. The third kappa shape index (κ3) is 2.51. The number of rotatable bonds is 3. The number of hydrogen-bond acceptors (Lipinski definition) is 2. The number of aromatic nitrogens is 2. The van der Waals surface area contributed by atoms with Crippen molar-refractivity contribution in [3.8, 4) is 0 Å². The molecule has 1 aliphatic carbocycles. The maximum Gasteiger partial charge on any atom is 0.177 e. The molecule has 3 rings (SSSR count). The Morgan fingerprint density at radius 3 is 2.89 bits per heavy atom. The predicted molar refractivity (Wildman–Crippen MR) is 79.9 cm³/mol. The Labute approximate surface area is 118 Å². The fraction of sp³-hybridized carbons (Fsp3) is 0.400. The molecule has 0 fully saturated rings. The van der Waals surface area contributed by atoms with Crippen LogP contribution in [0.4, 0.5) is 0 Å². The minimum atomic E-state index is 0.477. The summed E-state index contributed by atoms with van der Waals surface area (Å²) in [5, 5.41) is 0. The molecule has 3 N–H and O–H groups in total. The average Bonchev–Trinajstić information content (AvgIpc) is 2.79. The van der Waals surface area contributed by atoms with E-state index in [0.717, 1.165) is 36.1 Å². The lowest BCUT2D eigenvalue weighted by Gasteiger charge is -2.25. The molecule has 100 valence electrons. The molecule has 2 aromatic rings. The van der Waals surface area contributed by atoms with Crippen LogP contribution in [-0.2, 0) is 19.3 Å². The zero-order chi connectivity index (χ0) is 13.2. The van der Waals surface area contributed by atoms with Gasteiger partial charge in [0.15, 0.2) is 4.77 Å². The number of hydrogen-bond donors (Lipinski definition) is 2. The number of nitrogens with one attached hydrogen (secondary N) is 1. The first-order valence-electron chi connectivity index (χ1n) is 6.85. The molecule has 1 aromatic heterocycles. The van der Waals surface area contributed by atoms with Gasteiger partial charge in [-0.1, -0.05) is 24.3 Å². The Morgan fingerprint density at radius 1 is 1.32 bits per heavy atom. The summed E-state index contributed by atoms with van der Waals surface area (Å²) < 4.78 is 3.05. The van der Waals surface area contributed by atoms with Crippen molar-refractivity contribution in [2.45, 2.75) is 31.7 Å². The molecule has 1 atom stereocenters. The van der Waals surface area contributed by atoms with Crippen molar-refractivity contribution < 1.29 is 0 Å². The van der Waals surface area contributed by atoms with E-state index in [0.29, 0.717) is 12.6 Å². The van der Waals surface area contributed by atoms with E-state index >= 15 is 0 Å². The lowest BCUT2D eigenvalue weighted by molar-refractivity contribution is 0.438. The van der Waals surface area contributed by atoms with Gasteiger partial charge in [0.2, 0.25) is 0 Å². The van der Waals surface area contributed by atoms with Gasteiger partial charge in [0.05, 0.1) is 0 Å². The quantitative estimate of drug-likeness (QED) is 0.845. The summed E-state index contributed by atoms with van der Waals surface area (Å²) in [6.45, 7) is 0.656. The van der Waals surface area contributed by atoms with Gasteiger partial charge in [-0.2, -0.15) is 0 Å². The van der Waals surface area contributed by atoms with Gasteiger partial charge in [-0.3, -0.25) is 0 Å². The number of aryl methyl sites for hydroxylation is 1. The molecule has 1 aromatic carbocycles. The van der Waals surface area contributed by atoms with E-state index in [-0.39, 0.29) is 0 Å². The highest BCUT2D eigenvalue weighted by Gasteiger charge is 2.20. The number of H-pyrrole nitrogens is 1. The van der Waals surface area contributed by atoms with Crippen LogP contribution in [0.15, 0.2) is 30.5 Å². The van der Waals surface area contributed by atoms with Crippen LogP contribution in [-0.4, -0.2) is 16.1 Å². The molecule has 0 amide bonds. The first-order valence-corrected chi connectivity index (χ1v) is 7.25. The summed E-state index contributed by atoms with van der Waals surface area (Å²) in [7, 11) is 0. The highest BCUT2D eigenvalue weighted by Crippen LogP contribution is 2.29. The SMILES string of the molecule is NCCc1cn(C2CCc3ccccc3C2)c(=S)[nH]1. The van der Waals surface area contributed by atoms with Crippen LogP contribution in [0.5, 0.6) is 0 Å². The lowest BCUT2D eigenvalue weighted by Crippen LogP contribution is -2.18. The summed E-state index contributed by atoms with van der Waals surface area (Å²) >= 11 is 5.43. The second-order valence-electron chi connectivity index (χ2n) is 5.20. The molecule has 0 aliphatic heterocycles. The normalized spacial score (nSPS) is 18.3. The van der Waals surface area contributed by atoms with Crippen molar-refractivity contribution in [3.05, 3.63) is 52.1 Å². The minimum absolute atomic E-state index is 0.477. The Morgan fingerprint density at radius 2 is 2.11 bits per heavy atom. The molecule has 1 unspecified atom stereocenters. The topological polar surface area (TPSA) is 46.7 Å². The van der Waals surface area contributed by atoms with Gasteiger partial charge < -0.3 is 15.3 Å². The van der Waals surface area contributed by atoms with Crippen LogP contribution in [0.3, 0.4) is 0 Å². The Balaban J connectivity index is 1.87. The smallest absolute Gasteiger partial charge is 0.177 e. The third-order valence-corrected chi connectivity index (χ3v) is 4.24. The van der Waals surface area contributed by atoms with Crippen molar-refractivity contribution in [2.24, 2.45) is 5.73 Å². The first kappa shape index (κ1) is 12.6. The molecular weight excluding hydrogens is 254 g/mol. The summed E-state index contributed by atoms with van der Waals surface area (Å²) in [5.74, 6) is 0. The van der Waals surface area contributed by atoms with Crippen molar-refractivity contribution >= 4 is 12.2 Å². The van der Waals surface area contributed by atoms with Gasteiger partial charge in [0.1, 0.15) is 0 Å². The lowest BCUT2D eigenvalue weighted by atomic mass is 9.88. The highest BCUT2D eigenvalue weighted by molar-refractivity contribution is 7.71. The van der Waals surface area contributed by atoms with E-state index < -0.39 is 0 Å². The maximum atomic E-state index is 5.60. The summed E-state index contributed by atoms with van der Waals surface area (Å²) in [6.07, 6.45) is 6.38. The van der Waals surface area contributed by atoms with E-state index in [4.69, 9.17) is 18.0 Å². The molecular formula is C15H19N3S. The molecule has 0 radical (unpaired) electrons. The summed E-state index contributed by atoms with van der Waals surface area (Å²) in [5.41, 5.74) is 9.69. The fourth-order valence-corrected chi connectivity index (χ4v) is 3.26. The highest BCUT2D eigenvalue weighted by atomic mass is 32.1. The van der Waals surface area contributed by atoms with Gasteiger partial charge in [0.25, 0.3) is 0 Å². The van der Waals surface area contributed by atoms with E-state index in [1.165, 1.54) is 11.1 Å². The Bertz CT molecular complexity index is 626. The van der Waals surface area contributed by atoms with Crippen LogP contribution in [0, 0.1) is 4.77 Å². The first-order chi connectivity index (χ1) is 9.28. The van der Waals surface area contributed by atoms with Crippen molar-refractivity contribution in [3.63, 3.8) is 0 Å². The van der Waals surface area contributed by atoms with E-state index in [9.17, 15) is 0 Å². The number of fused-ring (bicyclic) bond motifs is 1. The predicted octanol–water partition coefficient (Wildman–Crippen LogP) is 2.78. The van der Waals surface area contributed by atoms with Gasteiger partial charge in [-0.25, -0.2) is 0 Å². The van der Waals surface area contributed by atoms with Crippen molar-refractivity contribution in [1.82, 2.24) is 9.55 Å². The third-order valence-electron chi connectivity index (χ3n) is 3.92. The van der Waals surface area contributed by atoms with Gasteiger partial charge in [-0.05, 0) is 49.2 Å². The maximum absolute atomic E-state index is 5.60. The largest absolute Gasteiger partial charge is 0.335 e. The molecule has 0 spiro atoms. The zero-order valence-electron chi connectivity index (χ0n) is 10.9. The molecule has 0 bridgehead atoms. The van der Waals surface area contributed by atoms with Crippen molar-refractivity contribution in [2.75, 3.05) is 6.54 Å². The fourth-order valence-electron chi connectivity index (χ4n) is 2.93. The second-order valence-corrected chi connectivity index (χ2v) is 5.58. The number of benzene rings is 1. The number of nitrogens with zero attached hydrogens (tertiary/aromatic N) is 1. The minimum Gasteiger partial charge on any atom is -0.335 e. The van der Waals surface area contributed by atoms with Crippen molar-refractivity contribution in [1.29, 1.82) is 0 Å². The second kappa shape index (κ2) is 5.31. The summed E-state index contributed by atoms with van der Waals surface area (Å²) in [6, 6.07) is 9.20. The van der Waals surface area contributed by atoms with E-state index in [1.807, 2.05) is 0 Å². The van der Waals surface area contributed by atoms with E-state index in [2.05, 4.69) is 40.0 Å². The number of aromatic amines is 1. The Hall–Kier alpha value is -1.39. The van der Waals surface area contributed by atoms with Crippen LogP contribution in [0.25, 0.3) is 0 Å². The van der Waals surface area contributed by atoms with Crippen LogP contribution >= 0.6 is 12.2 Å². The number of nitrogens with two attached hydrogens (primary N) is 1.